The molecule has 1 aliphatic heterocycles. The number of nitrogens with zero attached hydrogens (tertiary/aromatic N) is 5. The van der Waals surface area contributed by atoms with E-state index in [0.717, 1.165) is 24.6 Å². The van der Waals surface area contributed by atoms with Gasteiger partial charge in [-0.1, -0.05) is 35.0 Å². The molecule has 0 unspecified atom stereocenters. The molecule has 0 saturated carbocycles. The van der Waals surface area contributed by atoms with Crippen LogP contribution in [0.3, 0.4) is 0 Å². The van der Waals surface area contributed by atoms with E-state index in [1.807, 2.05) is 10.6 Å². The predicted molar refractivity (Wildman–Crippen MR) is 139 cm³/mol. The molecule has 4 aromatic rings. The van der Waals surface area contributed by atoms with E-state index >= 15 is 0 Å². The SMILES string of the molecule is O=C(NCCN1CCCC1)c1csc(CSc2nnc(-c3ccco3)n2-c2cc(Cl)ccc2Cl)n1. The number of carbonyl (C=O) groups is 1. The van der Waals surface area contributed by atoms with E-state index in [9.17, 15) is 4.79 Å². The van der Waals surface area contributed by atoms with Crippen LogP contribution in [0.5, 0.6) is 0 Å². The van der Waals surface area contributed by atoms with Crippen molar-refractivity contribution in [1.29, 1.82) is 0 Å². The summed E-state index contributed by atoms with van der Waals surface area (Å²) in [4.78, 5) is 19.4. The smallest absolute Gasteiger partial charge is 0.270 e. The Morgan fingerprint density at radius 2 is 2.06 bits per heavy atom. The number of carbonyl (C=O) groups excluding carboxylic acids is 1. The van der Waals surface area contributed by atoms with Crippen LogP contribution >= 0.6 is 46.3 Å². The van der Waals surface area contributed by atoms with Crippen LogP contribution in [-0.2, 0) is 5.75 Å². The first-order chi connectivity index (χ1) is 17.1. The van der Waals surface area contributed by atoms with E-state index in [-0.39, 0.29) is 5.91 Å². The van der Waals surface area contributed by atoms with Gasteiger partial charge < -0.3 is 14.6 Å². The number of thiazole rings is 1. The Balaban J connectivity index is 1.29. The van der Waals surface area contributed by atoms with Crippen LogP contribution in [0.25, 0.3) is 17.3 Å². The summed E-state index contributed by atoms with van der Waals surface area (Å²) in [6, 6.07) is 8.81. The fourth-order valence-electron chi connectivity index (χ4n) is 3.84. The molecule has 0 spiro atoms. The Bertz CT molecular complexity index is 1300. The molecule has 1 fully saturated rings. The maximum atomic E-state index is 12.5. The molecular weight excluding hydrogens is 527 g/mol. The maximum Gasteiger partial charge on any atom is 0.270 e. The highest BCUT2D eigenvalue weighted by molar-refractivity contribution is 7.98. The van der Waals surface area contributed by atoms with E-state index in [0.29, 0.717) is 50.5 Å². The number of thioether (sulfide) groups is 1. The van der Waals surface area contributed by atoms with Crippen molar-refractivity contribution in [2.75, 3.05) is 26.2 Å². The van der Waals surface area contributed by atoms with Gasteiger partial charge in [-0.2, -0.15) is 0 Å². The molecule has 35 heavy (non-hydrogen) atoms. The standard InChI is InChI=1S/C23H22Cl2N6O2S2/c24-15-5-6-16(25)18(12-15)31-21(19-4-3-11-33-19)28-29-23(31)35-14-20-27-17(13-34-20)22(32)26-7-10-30-8-1-2-9-30/h3-6,11-13H,1-2,7-10,14H2,(H,26,32). The van der Waals surface area contributed by atoms with Gasteiger partial charge in [-0.3, -0.25) is 9.36 Å². The fourth-order valence-corrected chi connectivity index (χ4v) is 5.94. The topological polar surface area (TPSA) is 89.1 Å². The predicted octanol–water partition coefficient (Wildman–Crippen LogP) is 5.41. The molecule has 1 amide bonds. The van der Waals surface area contributed by atoms with Gasteiger partial charge in [0.05, 0.1) is 22.7 Å². The summed E-state index contributed by atoms with van der Waals surface area (Å²) < 4.78 is 7.37. The van der Waals surface area contributed by atoms with Crippen molar-refractivity contribution in [2.45, 2.75) is 23.8 Å². The zero-order valence-corrected chi connectivity index (χ0v) is 21.8. The van der Waals surface area contributed by atoms with Crippen LogP contribution in [0.4, 0.5) is 0 Å². The quantitative estimate of drug-likeness (QED) is 0.280. The van der Waals surface area contributed by atoms with Crippen molar-refractivity contribution >= 4 is 52.2 Å². The zero-order valence-electron chi connectivity index (χ0n) is 18.6. The largest absolute Gasteiger partial charge is 0.461 e. The Morgan fingerprint density at radius 1 is 1.20 bits per heavy atom. The molecule has 1 saturated heterocycles. The molecule has 1 aromatic carbocycles. The van der Waals surface area contributed by atoms with E-state index in [2.05, 4.69) is 25.4 Å². The Kier molecular flexibility index (Phi) is 7.74. The van der Waals surface area contributed by atoms with Crippen LogP contribution in [0.2, 0.25) is 10.0 Å². The average Bonchev–Trinajstić information content (AvgIpc) is 3.66. The number of benzene rings is 1. The number of nitrogens with one attached hydrogen (secondary N) is 1. The van der Waals surface area contributed by atoms with E-state index in [4.69, 9.17) is 27.6 Å². The molecule has 4 heterocycles. The summed E-state index contributed by atoms with van der Waals surface area (Å²) in [6.45, 7) is 3.72. The van der Waals surface area contributed by atoms with Gasteiger partial charge in [0.15, 0.2) is 10.9 Å². The molecule has 0 radical (unpaired) electrons. The Morgan fingerprint density at radius 3 is 2.86 bits per heavy atom. The lowest BCUT2D eigenvalue weighted by Gasteiger charge is -2.14. The second kappa shape index (κ2) is 11.1. The molecule has 3 aromatic heterocycles. The minimum absolute atomic E-state index is 0.148. The van der Waals surface area contributed by atoms with Crippen molar-refractivity contribution < 1.29 is 9.21 Å². The third-order valence-electron chi connectivity index (χ3n) is 5.55. The van der Waals surface area contributed by atoms with Crippen LogP contribution in [0.1, 0.15) is 28.3 Å². The normalized spacial score (nSPS) is 14.0. The van der Waals surface area contributed by atoms with E-state index in [1.165, 1.54) is 35.9 Å². The van der Waals surface area contributed by atoms with Gasteiger partial charge in [0, 0.05) is 23.5 Å². The lowest BCUT2D eigenvalue weighted by atomic mass is 10.3. The molecule has 1 N–H and O–H groups in total. The van der Waals surface area contributed by atoms with E-state index in [1.54, 1.807) is 35.9 Å². The molecule has 12 heteroatoms. The van der Waals surface area contributed by atoms with Gasteiger partial charge in [0.25, 0.3) is 5.91 Å². The third-order valence-corrected chi connectivity index (χ3v) is 8.07. The molecule has 182 valence electrons. The summed E-state index contributed by atoms with van der Waals surface area (Å²) in [5, 5.41) is 15.9. The number of amides is 1. The first-order valence-electron chi connectivity index (χ1n) is 11.1. The second-order valence-corrected chi connectivity index (χ2v) is 10.7. The van der Waals surface area contributed by atoms with Gasteiger partial charge >= 0.3 is 0 Å². The Hall–Kier alpha value is -2.37. The average molecular weight is 550 g/mol. The minimum Gasteiger partial charge on any atom is -0.461 e. The molecule has 8 nitrogen and oxygen atoms in total. The number of furan rings is 1. The first-order valence-corrected chi connectivity index (χ1v) is 13.7. The van der Waals surface area contributed by atoms with Crippen LogP contribution in [0, 0.1) is 0 Å². The monoisotopic (exact) mass is 548 g/mol. The molecular formula is C23H22Cl2N6O2S2. The van der Waals surface area contributed by atoms with Crippen molar-refractivity contribution in [2.24, 2.45) is 0 Å². The summed E-state index contributed by atoms with van der Waals surface area (Å²) in [7, 11) is 0. The molecule has 0 bridgehead atoms. The van der Waals surface area contributed by atoms with Crippen LogP contribution in [0.15, 0.2) is 51.5 Å². The molecule has 0 atom stereocenters. The molecule has 5 rings (SSSR count). The Labute approximate surface area is 220 Å². The van der Waals surface area contributed by atoms with Crippen LogP contribution < -0.4 is 5.32 Å². The minimum atomic E-state index is -0.148. The zero-order chi connectivity index (χ0) is 24.2. The molecule has 0 aliphatic carbocycles. The third kappa shape index (κ3) is 5.73. The first kappa shape index (κ1) is 24.3. The lowest BCUT2D eigenvalue weighted by Crippen LogP contribution is -2.33. The van der Waals surface area contributed by atoms with Gasteiger partial charge in [-0.05, 0) is 56.3 Å². The van der Waals surface area contributed by atoms with Crippen molar-refractivity contribution in [3.63, 3.8) is 0 Å². The highest BCUT2D eigenvalue weighted by atomic mass is 35.5. The maximum absolute atomic E-state index is 12.5. The molecule has 1 aliphatic rings. The summed E-state index contributed by atoms with van der Waals surface area (Å²) in [5.41, 5.74) is 1.08. The summed E-state index contributed by atoms with van der Waals surface area (Å²) in [5.74, 6) is 1.44. The summed E-state index contributed by atoms with van der Waals surface area (Å²) in [6.07, 6.45) is 4.05. The van der Waals surface area contributed by atoms with Crippen LogP contribution in [-0.4, -0.2) is 56.7 Å². The number of halogens is 2. The highest BCUT2D eigenvalue weighted by Gasteiger charge is 2.21. The number of hydrogen-bond donors (Lipinski definition) is 1. The van der Waals surface area contributed by atoms with Crippen molar-refractivity contribution in [3.8, 4) is 17.3 Å². The van der Waals surface area contributed by atoms with Crippen molar-refractivity contribution in [1.82, 2.24) is 30.0 Å². The summed E-state index contributed by atoms with van der Waals surface area (Å²) >= 11 is 15.6. The van der Waals surface area contributed by atoms with E-state index < -0.39 is 0 Å². The number of aromatic nitrogens is 4. The van der Waals surface area contributed by atoms with Gasteiger partial charge in [-0.15, -0.1) is 21.5 Å². The van der Waals surface area contributed by atoms with Gasteiger partial charge in [-0.25, -0.2) is 4.98 Å². The lowest BCUT2D eigenvalue weighted by molar-refractivity contribution is 0.0945. The second-order valence-electron chi connectivity index (χ2n) is 7.93. The highest BCUT2D eigenvalue weighted by Crippen LogP contribution is 2.34. The van der Waals surface area contributed by atoms with Crippen molar-refractivity contribution in [3.05, 3.63) is 62.7 Å². The number of hydrogen-bond acceptors (Lipinski definition) is 8. The van der Waals surface area contributed by atoms with Gasteiger partial charge in [0.1, 0.15) is 10.7 Å². The number of rotatable bonds is 9. The fraction of sp³-hybridized carbons (Fsp3) is 0.304. The van der Waals surface area contributed by atoms with Gasteiger partial charge in [0.2, 0.25) is 5.82 Å². The number of likely N-dealkylation sites (tertiary alicyclic amines) is 1.